The summed E-state index contributed by atoms with van der Waals surface area (Å²) in [5.41, 5.74) is 2.80. The van der Waals surface area contributed by atoms with Crippen molar-refractivity contribution < 1.29 is 5.11 Å². The van der Waals surface area contributed by atoms with Crippen molar-refractivity contribution in [2.75, 3.05) is 19.6 Å². The van der Waals surface area contributed by atoms with Gasteiger partial charge in [0.1, 0.15) is 5.75 Å². The monoisotopic (exact) mass is 323 g/mol. The standard InChI is InChI=1S/C22H29NO/c1-18(15-20-7-9-22(24)10-8-20)17-23-13-11-21(12-14-23)16-19-5-3-2-4-6-19/h2-10,18,21,24H,11-17H2,1H3. The highest BCUT2D eigenvalue weighted by molar-refractivity contribution is 5.26. The maximum absolute atomic E-state index is 9.37. The molecule has 0 aromatic heterocycles. The van der Waals surface area contributed by atoms with Gasteiger partial charge in [0, 0.05) is 6.54 Å². The van der Waals surface area contributed by atoms with E-state index in [0.29, 0.717) is 11.7 Å². The summed E-state index contributed by atoms with van der Waals surface area (Å²) in [5.74, 6) is 1.85. The van der Waals surface area contributed by atoms with Crippen LogP contribution in [0.2, 0.25) is 0 Å². The van der Waals surface area contributed by atoms with E-state index in [1.54, 1.807) is 12.1 Å². The number of phenolic OH excluding ortho intramolecular Hbond substituents is 1. The number of piperidine rings is 1. The minimum Gasteiger partial charge on any atom is -0.508 e. The Balaban J connectivity index is 1.41. The van der Waals surface area contributed by atoms with E-state index in [1.807, 2.05) is 12.1 Å². The lowest BCUT2D eigenvalue weighted by molar-refractivity contribution is 0.163. The fourth-order valence-corrected chi connectivity index (χ4v) is 3.86. The number of aromatic hydroxyl groups is 1. The molecule has 1 saturated heterocycles. The van der Waals surface area contributed by atoms with Crippen molar-refractivity contribution in [2.24, 2.45) is 11.8 Å². The lowest BCUT2D eigenvalue weighted by atomic mass is 9.89. The van der Waals surface area contributed by atoms with Crippen LogP contribution in [-0.2, 0) is 12.8 Å². The Morgan fingerprint density at radius 3 is 2.29 bits per heavy atom. The van der Waals surface area contributed by atoms with Crippen LogP contribution in [0.5, 0.6) is 5.75 Å². The van der Waals surface area contributed by atoms with Crippen LogP contribution in [0.3, 0.4) is 0 Å². The summed E-state index contributed by atoms with van der Waals surface area (Å²) in [6.07, 6.45) is 4.96. The lowest BCUT2D eigenvalue weighted by Gasteiger charge is -2.33. The van der Waals surface area contributed by atoms with E-state index in [0.717, 1.165) is 12.3 Å². The van der Waals surface area contributed by atoms with Crippen molar-refractivity contribution >= 4 is 0 Å². The number of likely N-dealkylation sites (tertiary alicyclic amines) is 1. The zero-order valence-corrected chi connectivity index (χ0v) is 14.7. The van der Waals surface area contributed by atoms with Gasteiger partial charge in [0.15, 0.2) is 0 Å². The van der Waals surface area contributed by atoms with Crippen LogP contribution in [0.4, 0.5) is 0 Å². The molecule has 2 heteroatoms. The Labute approximate surface area is 146 Å². The molecule has 1 aliphatic rings. The van der Waals surface area contributed by atoms with Gasteiger partial charge in [-0.05, 0) is 73.9 Å². The molecule has 2 aromatic rings. The SMILES string of the molecule is CC(Cc1ccc(O)cc1)CN1CCC(Cc2ccccc2)CC1. The fraction of sp³-hybridized carbons (Fsp3) is 0.455. The number of rotatable bonds is 6. The Kier molecular flexibility index (Phi) is 5.92. The van der Waals surface area contributed by atoms with E-state index in [9.17, 15) is 5.11 Å². The van der Waals surface area contributed by atoms with E-state index in [-0.39, 0.29) is 0 Å². The van der Waals surface area contributed by atoms with Gasteiger partial charge in [-0.1, -0.05) is 49.4 Å². The first-order valence-corrected chi connectivity index (χ1v) is 9.23. The van der Waals surface area contributed by atoms with E-state index >= 15 is 0 Å². The van der Waals surface area contributed by atoms with Crippen LogP contribution < -0.4 is 0 Å². The largest absolute Gasteiger partial charge is 0.508 e. The van der Waals surface area contributed by atoms with Crippen molar-refractivity contribution in [3.63, 3.8) is 0 Å². The van der Waals surface area contributed by atoms with Gasteiger partial charge in [-0.3, -0.25) is 0 Å². The van der Waals surface area contributed by atoms with E-state index in [4.69, 9.17) is 0 Å². The molecule has 0 aliphatic carbocycles. The molecule has 2 nitrogen and oxygen atoms in total. The highest BCUT2D eigenvalue weighted by Crippen LogP contribution is 2.23. The van der Waals surface area contributed by atoms with Gasteiger partial charge >= 0.3 is 0 Å². The summed E-state index contributed by atoms with van der Waals surface area (Å²) >= 11 is 0. The second-order valence-corrected chi connectivity index (χ2v) is 7.41. The summed E-state index contributed by atoms with van der Waals surface area (Å²) in [7, 11) is 0. The van der Waals surface area contributed by atoms with Crippen molar-refractivity contribution in [1.29, 1.82) is 0 Å². The number of benzene rings is 2. The van der Waals surface area contributed by atoms with Gasteiger partial charge in [0.05, 0.1) is 0 Å². The molecule has 1 heterocycles. The van der Waals surface area contributed by atoms with Gasteiger partial charge in [0.2, 0.25) is 0 Å². The molecule has 2 aromatic carbocycles. The molecule has 1 atom stereocenters. The molecule has 0 radical (unpaired) electrons. The lowest BCUT2D eigenvalue weighted by Crippen LogP contribution is -2.37. The minimum atomic E-state index is 0.354. The highest BCUT2D eigenvalue weighted by atomic mass is 16.3. The molecule has 0 amide bonds. The van der Waals surface area contributed by atoms with Crippen molar-refractivity contribution in [3.8, 4) is 5.75 Å². The molecule has 128 valence electrons. The van der Waals surface area contributed by atoms with E-state index < -0.39 is 0 Å². The zero-order chi connectivity index (χ0) is 16.8. The van der Waals surface area contributed by atoms with Gasteiger partial charge in [-0.15, -0.1) is 0 Å². The van der Waals surface area contributed by atoms with Gasteiger partial charge in [-0.2, -0.15) is 0 Å². The number of hydrogen-bond acceptors (Lipinski definition) is 2. The molecule has 1 unspecified atom stereocenters. The fourth-order valence-electron chi connectivity index (χ4n) is 3.86. The summed E-state index contributed by atoms with van der Waals surface area (Å²) < 4.78 is 0. The Bertz CT molecular complexity index is 600. The maximum Gasteiger partial charge on any atom is 0.115 e. The Morgan fingerprint density at radius 2 is 1.62 bits per heavy atom. The first kappa shape index (κ1) is 17.0. The molecule has 0 spiro atoms. The van der Waals surface area contributed by atoms with Crippen LogP contribution in [0.15, 0.2) is 54.6 Å². The quantitative estimate of drug-likeness (QED) is 0.844. The summed E-state index contributed by atoms with van der Waals surface area (Å²) in [5, 5.41) is 9.37. The molecule has 1 fully saturated rings. The van der Waals surface area contributed by atoms with Crippen LogP contribution in [0.25, 0.3) is 0 Å². The molecule has 1 N–H and O–H groups in total. The average molecular weight is 323 g/mol. The first-order valence-electron chi connectivity index (χ1n) is 9.23. The molecular formula is C22H29NO. The highest BCUT2D eigenvalue weighted by Gasteiger charge is 2.20. The van der Waals surface area contributed by atoms with Crippen LogP contribution in [-0.4, -0.2) is 29.6 Å². The second kappa shape index (κ2) is 8.34. The summed E-state index contributed by atoms with van der Waals surface area (Å²) in [6.45, 7) is 5.98. The van der Waals surface area contributed by atoms with Crippen molar-refractivity contribution in [3.05, 3.63) is 65.7 Å². The van der Waals surface area contributed by atoms with Gasteiger partial charge < -0.3 is 10.0 Å². The van der Waals surface area contributed by atoms with E-state index in [2.05, 4.69) is 42.2 Å². The van der Waals surface area contributed by atoms with Crippen LogP contribution in [0, 0.1) is 11.8 Å². The van der Waals surface area contributed by atoms with E-state index in [1.165, 1.54) is 50.0 Å². The average Bonchev–Trinajstić information content (AvgIpc) is 2.60. The predicted octanol–water partition coefficient (Wildman–Crippen LogP) is 4.53. The van der Waals surface area contributed by atoms with Crippen molar-refractivity contribution in [2.45, 2.75) is 32.6 Å². The number of nitrogens with zero attached hydrogens (tertiary/aromatic N) is 1. The maximum atomic E-state index is 9.37. The second-order valence-electron chi connectivity index (χ2n) is 7.41. The molecule has 0 saturated carbocycles. The Morgan fingerprint density at radius 1 is 0.958 bits per heavy atom. The van der Waals surface area contributed by atoms with Crippen LogP contribution in [0.1, 0.15) is 30.9 Å². The summed E-state index contributed by atoms with van der Waals surface area (Å²) in [6, 6.07) is 18.6. The topological polar surface area (TPSA) is 23.5 Å². The third kappa shape index (κ3) is 5.10. The normalized spacial score (nSPS) is 17.7. The number of phenols is 1. The van der Waals surface area contributed by atoms with Crippen LogP contribution >= 0.6 is 0 Å². The third-order valence-electron chi connectivity index (χ3n) is 5.16. The number of hydrogen-bond donors (Lipinski definition) is 1. The minimum absolute atomic E-state index is 0.354. The van der Waals surface area contributed by atoms with Gasteiger partial charge in [-0.25, -0.2) is 0 Å². The predicted molar refractivity (Wildman–Crippen MR) is 100 cm³/mol. The zero-order valence-electron chi connectivity index (χ0n) is 14.7. The smallest absolute Gasteiger partial charge is 0.115 e. The molecule has 1 aliphatic heterocycles. The molecule has 0 bridgehead atoms. The molecule has 3 rings (SSSR count). The molecule has 24 heavy (non-hydrogen) atoms. The summed E-state index contributed by atoms with van der Waals surface area (Å²) in [4.78, 5) is 2.63. The third-order valence-corrected chi connectivity index (χ3v) is 5.16. The van der Waals surface area contributed by atoms with Gasteiger partial charge in [0.25, 0.3) is 0 Å². The van der Waals surface area contributed by atoms with Crippen molar-refractivity contribution in [1.82, 2.24) is 4.90 Å². The Hall–Kier alpha value is -1.80. The molecular weight excluding hydrogens is 294 g/mol. The first-order chi connectivity index (χ1) is 11.7.